The van der Waals surface area contributed by atoms with E-state index in [1.165, 1.54) is 9.47 Å². The molecule has 16 heteroatoms. The molecule has 0 aliphatic carbocycles. The van der Waals surface area contributed by atoms with Gasteiger partial charge in [-0.25, -0.2) is 9.47 Å². The van der Waals surface area contributed by atoms with Gasteiger partial charge in [0.1, 0.15) is 6.61 Å². The van der Waals surface area contributed by atoms with Gasteiger partial charge in [0.25, 0.3) is 0 Å². The van der Waals surface area contributed by atoms with E-state index in [9.17, 15) is 57.1 Å². The van der Waals surface area contributed by atoms with Crippen LogP contribution in [-0.4, -0.2) is 48.2 Å². The van der Waals surface area contributed by atoms with Crippen LogP contribution in [0, 0.1) is 0 Å². The van der Waals surface area contributed by atoms with E-state index in [2.05, 4.69) is 0 Å². The Hall–Kier alpha value is -1.03. The molecule has 23 heavy (non-hydrogen) atoms. The summed E-state index contributed by atoms with van der Waals surface area (Å²) in [5, 5.41) is 7.78. The van der Waals surface area contributed by atoms with Gasteiger partial charge in [0.05, 0.1) is 0 Å². The SMILES string of the molecule is OCC(F)(F)C(F)(F)C(F)(F)OC(F)(F)C(F)(F)OC(F)(F)F. The lowest BCUT2D eigenvalue weighted by atomic mass is 10.1. The highest BCUT2D eigenvalue weighted by atomic mass is 19.4. The number of hydrogen-bond donors (Lipinski definition) is 1. The van der Waals surface area contributed by atoms with Gasteiger partial charge in [-0.2, -0.15) is 43.9 Å². The van der Waals surface area contributed by atoms with E-state index < -0.39 is 43.1 Å². The average molecular weight is 382 g/mol. The summed E-state index contributed by atoms with van der Waals surface area (Å²) < 4.78 is 162. The van der Waals surface area contributed by atoms with Gasteiger partial charge in [-0.15, -0.1) is 13.2 Å². The summed E-state index contributed by atoms with van der Waals surface area (Å²) in [7, 11) is 0. The summed E-state index contributed by atoms with van der Waals surface area (Å²) in [4.78, 5) is 0. The molecule has 0 heterocycles. The van der Waals surface area contributed by atoms with Crippen molar-refractivity contribution in [3.63, 3.8) is 0 Å². The highest BCUT2D eigenvalue weighted by molar-refractivity contribution is 4.92. The van der Waals surface area contributed by atoms with Crippen molar-refractivity contribution in [1.29, 1.82) is 0 Å². The third kappa shape index (κ3) is 4.50. The third-order valence-corrected chi connectivity index (χ3v) is 1.86. The Morgan fingerprint density at radius 1 is 0.565 bits per heavy atom. The fraction of sp³-hybridized carbons (Fsp3) is 1.00. The van der Waals surface area contributed by atoms with Crippen LogP contribution in [0.4, 0.5) is 57.1 Å². The van der Waals surface area contributed by atoms with Crippen molar-refractivity contribution in [3.05, 3.63) is 0 Å². The molecule has 0 aromatic rings. The zero-order chi connectivity index (χ0) is 19.1. The zero-order valence-electron chi connectivity index (χ0n) is 9.88. The van der Waals surface area contributed by atoms with E-state index in [4.69, 9.17) is 5.11 Å². The minimum absolute atomic E-state index is 1.44. The quantitative estimate of drug-likeness (QED) is 0.685. The molecule has 0 atom stereocenters. The van der Waals surface area contributed by atoms with Crippen molar-refractivity contribution in [2.75, 3.05) is 6.61 Å². The van der Waals surface area contributed by atoms with Crippen molar-refractivity contribution in [1.82, 2.24) is 0 Å². The molecule has 0 aliphatic rings. The van der Waals surface area contributed by atoms with Crippen LogP contribution in [0.25, 0.3) is 0 Å². The van der Waals surface area contributed by atoms with Crippen LogP contribution in [-0.2, 0) is 9.47 Å². The Labute approximate surface area is 116 Å². The van der Waals surface area contributed by atoms with Crippen molar-refractivity contribution in [2.24, 2.45) is 0 Å². The molecule has 0 rings (SSSR count). The second-order valence-electron chi connectivity index (χ2n) is 3.64. The average Bonchev–Trinajstić information content (AvgIpc) is 2.23. The number of aliphatic hydroxyl groups excluding tert-OH is 1. The van der Waals surface area contributed by atoms with E-state index in [-0.39, 0.29) is 0 Å². The highest BCUT2D eigenvalue weighted by Gasteiger charge is 2.78. The molecule has 0 fully saturated rings. The predicted octanol–water partition coefficient (Wildman–Crippen LogP) is 3.58. The molecule has 0 aliphatic heterocycles. The topological polar surface area (TPSA) is 38.7 Å². The summed E-state index contributed by atoms with van der Waals surface area (Å²) in [6, 6.07) is 0. The molecule has 0 saturated carbocycles. The van der Waals surface area contributed by atoms with E-state index >= 15 is 0 Å². The van der Waals surface area contributed by atoms with Gasteiger partial charge in [-0.05, 0) is 0 Å². The van der Waals surface area contributed by atoms with Crippen molar-refractivity contribution in [2.45, 2.75) is 36.5 Å². The summed E-state index contributed by atoms with van der Waals surface area (Å²) in [5.41, 5.74) is 0. The van der Waals surface area contributed by atoms with Gasteiger partial charge in [0.15, 0.2) is 0 Å². The van der Waals surface area contributed by atoms with Crippen molar-refractivity contribution >= 4 is 0 Å². The molecule has 0 radical (unpaired) electrons. The lowest BCUT2D eigenvalue weighted by Crippen LogP contribution is -2.61. The molecular formula is C7H3F13O3. The van der Waals surface area contributed by atoms with Crippen LogP contribution in [0.3, 0.4) is 0 Å². The number of alkyl halides is 13. The smallest absolute Gasteiger partial charge is 0.390 e. The van der Waals surface area contributed by atoms with Crippen molar-refractivity contribution < 1.29 is 71.7 Å². The van der Waals surface area contributed by atoms with Crippen molar-refractivity contribution in [3.8, 4) is 0 Å². The molecule has 0 bridgehead atoms. The Morgan fingerprint density at radius 3 is 1.22 bits per heavy atom. The largest absolute Gasteiger partial charge is 0.527 e. The molecule has 1 N–H and O–H groups in total. The van der Waals surface area contributed by atoms with E-state index in [1.54, 1.807) is 0 Å². The monoisotopic (exact) mass is 382 g/mol. The first-order valence-corrected chi connectivity index (χ1v) is 4.69. The maximum Gasteiger partial charge on any atom is 0.527 e. The molecule has 0 amide bonds. The first-order chi connectivity index (χ1) is 9.72. The van der Waals surface area contributed by atoms with E-state index in [1.807, 2.05) is 0 Å². The van der Waals surface area contributed by atoms with Gasteiger partial charge >= 0.3 is 36.5 Å². The lowest BCUT2D eigenvalue weighted by molar-refractivity contribution is -0.547. The number of aliphatic hydroxyl groups is 1. The van der Waals surface area contributed by atoms with Crippen LogP contribution >= 0.6 is 0 Å². The van der Waals surface area contributed by atoms with Gasteiger partial charge in [-0.3, -0.25) is 0 Å². The standard InChI is InChI=1S/C7H3F13O3/c8-2(9,1-21)3(10,11)4(12,13)22-5(14,15)6(16,17)23-7(18,19)20/h21H,1H2. The Morgan fingerprint density at radius 2 is 0.913 bits per heavy atom. The van der Waals surface area contributed by atoms with E-state index in [0.717, 1.165) is 0 Å². The minimum atomic E-state index is -7.12. The van der Waals surface area contributed by atoms with Gasteiger partial charge < -0.3 is 5.11 Å². The van der Waals surface area contributed by atoms with Crippen LogP contribution in [0.15, 0.2) is 0 Å². The van der Waals surface area contributed by atoms with Gasteiger partial charge in [0, 0.05) is 0 Å². The highest BCUT2D eigenvalue weighted by Crippen LogP contribution is 2.51. The molecule has 0 saturated heterocycles. The maximum atomic E-state index is 12.6. The molecule has 0 aromatic heterocycles. The summed E-state index contributed by atoms with van der Waals surface area (Å²) in [5.74, 6) is -13.1. The molecular weight excluding hydrogens is 379 g/mol. The fourth-order valence-electron chi connectivity index (χ4n) is 0.801. The minimum Gasteiger partial charge on any atom is -0.390 e. The maximum absolute atomic E-state index is 12.6. The second kappa shape index (κ2) is 5.80. The summed E-state index contributed by atoms with van der Waals surface area (Å²) in [6.45, 7) is -3.06. The summed E-state index contributed by atoms with van der Waals surface area (Å²) in [6.07, 6.45) is -27.8. The van der Waals surface area contributed by atoms with Gasteiger partial charge in [0.2, 0.25) is 0 Å². The normalized spacial score (nSPS) is 15.9. The molecule has 3 nitrogen and oxygen atoms in total. The predicted molar refractivity (Wildman–Crippen MR) is 40.0 cm³/mol. The summed E-state index contributed by atoms with van der Waals surface area (Å²) >= 11 is 0. The Bertz CT molecular complexity index is 414. The number of ether oxygens (including phenoxy) is 2. The van der Waals surface area contributed by atoms with Crippen LogP contribution in [0.1, 0.15) is 0 Å². The molecule has 0 aromatic carbocycles. The Balaban J connectivity index is 5.59. The molecule has 140 valence electrons. The van der Waals surface area contributed by atoms with Gasteiger partial charge in [-0.1, -0.05) is 0 Å². The fourth-order valence-corrected chi connectivity index (χ4v) is 0.801. The first kappa shape index (κ1) is 22.0. The van der Waals surface area contributed by atoms with Crippen LogP contribution in [0.2, 0.25) is 0 Å². The number of rotatable bonds is 7. The Kier molecular flexibility index (Phi) is 5.54. The lowest BCUT2D eigenvalue weighted by Gasteiger charge is -2.34. The third-order valence-electron chi connectivity index (χ3n) is 1.86. The van der Waals surface area contributed by atoms with Crippen LogP contribution < -0.4 is 0 Å². The van der Waals surface area contributed by atoms with E-state index in [0.29, 0.717) is 0 Å². The molecule has 0 spiro atoms. The number of halogens is 13. The first-order valence-electron chi connectivity index (χ1n) is 4.69. The number of hydrogen-bond acceptors (Lipinski definition) is 3. The molecule has 0 unspecified atom stereocenters. The second-order valence-corrected chi connectivity index (χ2v) is 3.64. The zero-order valence-corrected chi connectivity index (χ0v) is 9.88. The van der Waals surface area contributed by atoms with Crippen LogP contribution in [0.5, 0.6) is 0 Å².